The number of hydrogen-bond donors (Lipinski definition) is 0. The lowest BCUT2D eigenvalue weighted by Crippen LogP contribution is -2.20. The Balaban J connectivity index is 2.88. The Kier molecular flexibility index (Phi) is 7.72. The van der Waals surface area contributed by atoms with Crippen LogP contribution < -0.4 is 0 Å². The number of alkyl halides is 5. The van der Waals surface area contributed by atoms with Gasteiger partial charge >= 0.3 is 12.1 Å². The molecule has 0 aliphatic carbocycles. The summed E-state index contributed by atoms with van der Waals surface area (Å²) < 4.78 is 72.6. The largest absolute Gasteiger partial charge is 0.465 e. The van der Waals surface area contributed by atoms with Gasteiger partial charge in [0.25, 0.3) is 6.43 Å². The molecule has 4 nitrogen and oxygen atoms in total. The normalized spacial score (nSPS) is 16.9. The second-order valence-corrected chi connectivity index (χ2v) is 8.62. The maximum Gasteiger partial charge on any atom is 0.435 e. The van der Waals surface area contributed by atoms with Crippen LogP contribution in [0.15, 0.2) is 4.99 Å². The number of thioether (sulfide) groups is 2. The number of methoxy groups -OCH3 is 1. The van der Waals surface area contributed by atoms with E-state index in [-0.39, 0.29) is 17.9 Å². The predicted molar refractivity (Wildman–Crippen MR) is 101 cm³/mol. The number of rotatable bonds is 5. The number of ether oxygens (including phenoxy) is 1. The smallest absolute Gasteiger partial charge is 0.435 e. The fourth-order valence-electron chi connectivity index (χ4n) is 2.67. The van der Waals surface area contributed by atoms with Crippen molar-refractivity contribution >= 4 is 40.2 Å². The van der Waals surface area contributed by atoms with E-state index in [1.54, 1.807) is 13.8 Å². The van der Waals surface area contributed by atoms with Gasteiger partial charge in [-0.3, -0.25) is 0 Å². The molecule has 0 amide bonds. The molecule has 0 N–H and O–H groups in total. The topological polar surface area (TPSA) is 51.5 Å². The average Bonchev–Trinajstić information content (AvgIpc) is 2.61. The molecule has 0 atom stereocenters. The molecule has 0 unspecified atom stereocenters. The zero-order valence-electron chi connectivity index (χ0n) is 15.4. The van der Waals surface area contributed by atoms with Crippen molar-refractivity contribution in [1.29, 1.82) is 0 Å². The molecule has 0 spiro atoms. The first-order chi connectivity index (χ1) is 13.1. The number of halogens is 5. The lowest BCUT2D eigenvalue weighted by molar-refractivity contribution is -0.140. The van der Waals surface area contributed by atoms with Gasteiger partial charge in [-0.1, -0.05) is 13.8 Å². The monoisotopic (exact) mass is 442 g/mol. The summed E-state index contributed by atoms with van der Waals surface area (Å²) in [4.78, 5) is 19.5. The highest BCUT2D eigenvalue weighted by Crippen LogP contribution is 2.42. The highest BCUT2D eigenvalue weighted by molar-refractivity contribution is 8.18. The molecular weight excluding hydrogens is 423 g/mol. The predicted octanol–water partition coefficient (Wildman–Crippen LogP) is 5.53. The summed E-state index contributed by atoms with van der Waals surface area (Å²) >= 11 is 2.82. The van der Waals surface area contributed by atoms with Gasteiger partial charge in [0.15, 0.2) is 5.69 Å². The number of aromatic nitrogens is 1. The van der Waals surface area contributed by atoms with Crippen molar-refractivity contribution < 1.29 is 31.5 Å². The summed E-state index contributed by atoms with van der Waals surface area (Å²) in [5.41, 5.74) is -4.15. The van der Waals surface area contributed by atoms with E-state index < -0.39 is 41.2 Å². The van der Waals surface area contributed by atoms with Crippen LogP contribution in [0.1, 0.15) is 47.6 Å². The van der Waals surface area contributed by atoms with Crippen LogP contribution in [-0.4, -0.2) is 40.4 Å². The molecule has 1 saturated heterocycles. The number of carbonyl (C=O) groups is 1. The third kappa shape index (κ3) is 5.37. The fourth-order valence-corrected chi connectivity index (χ4v) is 4.83. The number of nitrogens with zero attached hydrogens (tertiary/aromatic N) is 2. The van der Waals surface area contributed by atoms with Crippen LogP contribution in [0.25, 0.3) is 0 Å². The van der Waals surface area contributed by atoms with E-state index in [0.717, 1.165) is 12.9 Å². The van der Waals surface area contributed by atoms with Crippen molar-refractivity contribution in [3.8, 4) is 0 Å². The summed E-state index contributed by atoms with van der Waals surface area (Å²) in [5, 5.41) is 0.439. The summed E-state index contributed by atoms with van der Waals surface area (Å²) in [5.74, 6) is 0.554. The highest BCUT2D eigenvalue weighted by Gasteiger charge is 2.41. The van der Waals surface area contributed by atoms with Crippen molar-refractivity contribution in [3.63, 3.8) is 0 Å². The van der Waals surface area contributed by atoms with Crippen LogP contribution in [0.2, 0.25) is 0 Å². The van der Waals surface area contributed by atoms with Gasteiger partial charge in [-0.05, 0) is 17.9 Å². The number of hydrogen-bond acceptors (Lipinski definition) is 6. The van der Waals surface area contributed by atoms with E-state index in [1.165, 1.54) is 23.5 Å². The van der Waals surface area contributed by atoms with Crippen LogP contribution in [0.3, 0.4) is 0 Å². The fraction of sp³-hybridized carbons (Fsp3) is 0.588. The summed E-state index contributed by atoms with van der Waals surface area (Å²) in [7, 11) is 0.980. The maximum absolute atomic E-state index is 13.7. The molecule has 0 aromatic carbocycles. The van der Waals surface area contributed by atoms with Crippen LogP contribution in [0.4, 0.5) is 27.6 Å². The van der Waals surface area contributed by atoms with Gasteiger partial charge in [0.05, 0.1) is 23.4 Å². The first-order valence-electron chi connectivity index (χ1n) is 8.34. The molecule has 11 heteroatoms. The van der Waals surface area contributed by atoms with Gasteiger partial charge in [0.1, 0.15) is 5.69 Å². The molecule has 2 rings (SSSR count). The molecule has 1 aliphatic rings. The van der Waals surface area contributed by atoms with Gasteiger partial charge < -0.3 is 4.74 Å². The van der Waals surface area contributed by atoms with Gasteiger partial charge in [-0.2, -0.15) is 24.9 Å². The third-order valence-electron chi connectivity index (χ3n) is 3.74. The second-order valence-electron chi connectivity index (χ2n) is 6.34. The Labute approximate surface area is 167 Å². The first-order valence-corrected chi connectivity index (χ1v) is 10.5. The molecule has 1 aromatic heterocycles. The molecule has 1 aromatic rings. The minimum absolute atomic E-state index is 0.0559. The zero-order valence-corrected chi connectivity index (χ0v) is 17.0. The lowest BCUT2D eigenvalue weighted by atomic mass is 9.94. The van der Waals surface area contributed by atoms with Gasteiger partial charge in [0, 0.05) is 17.3 Å². The summed E-state index contributed by atoms with van der Waals surface area (Å²) in [6.45, 7) is 3.41. The molecule has 156 valence electrons. The van der Waals surface area contributed by atoms with E-state index >= 15 is 0 Å². The van der Waals surface area contributed by atoms with Crippen LogP contribution in [-0.2, 0) is 17.3 Å². The molecule has 2 heterocycles. The van der Waals surface area contributed by atoms with Crippen LogP contribution >= 0.6 is 23.5 Å². The molecule has 28 heavy (non-hydrogen) atoms. The highest BCUT2D eigenvalue weighted by atomic mass is 32.2. The quantitative estimate of drug-likeness (QED) is 0.443. The average molecular weight is 442 g/mol. The van der Waals surface area contributed by atoms with Crippen molar-refractivity contribution in [2.24, 2.45) is 10.9 Å². The second kappa shape index (κ2) is 9.43. The van der Waals surface area contributed by atoms with Crippen LogP contribution in [0.5, 0.6) is 0 Å². The molecule has 0 bridgehead atoms. The van der Waals surface area contributed by atoms with E-state index in [0.29, 0.717) is 16.5 Å². The van der Waals surface area contributed by atoms with E-state index in [1.807, 2.05) is 0 Å². The summed E-state index contributed by atoms with van der Waals surface area (Å²) in [6, 6.07) is 0. The Hall–Kier alpha value is -1.36. The Morgan fingerprint density at radius 3 is 2.43 bits per heavy atom. The number of pyridine rings is 1. The Bertz CT molecular complexity index is 759. The van der Waals surface area contributed by atoms with Crippen molar-refractivity contribution in [3.05, 3.63) is 22.5 Å². The molecular formula is C17H19F5N2O2S2. The van der Waals surface area contributed by atoms with Gasteiger partial charge in [0.2, 0.25) is 0 Å². The Morgan fingerprint density at radius 1 is 1.29 bits per heavy atom. The van der Waals surface area contributed by atoms with E-state index in [2.05, 4.69) is 14.7 Å². The lowest BCUT2D eigenvalue weighted by Gasteiger charge is -2.21. The van der Waals surface area contributed by atoms with Crippen molar-refractivity contribution in [2.75, 3.05) is 24.4 Å². The van der Waals surface area contributed by atoms with Crippen molar-refractivity contribution in [1.82, 2.24) is 4.98 Å². The van der Waals surface area contributed by atoms with E-state index in [9.17, 15) is 26.7 Å². The first kappa shape index (κ1) is 22.9. The minimum Gasteiger partial charge on any atom is -0.465 e. The van der Waals surface area contributed by atoms with Crippen molar-refractivity contribution in [2.45, 2.75) is 32.9 Å². The standard InChI is InChI=1S/C17H19F5N2O2S2/c1-8(2)6-9-11(16(25)26-3)13(15(18)19)24-14(17(20,21)22)12(9)23-10-7-27-4-5-28-10/h8,15H,4-7H2,1-3H3/b23-10+. The SMILES string of the molecule is COC(=O)c1c(C(F)F)nc(C(F)(F)F)c(/N=C2\CSCCS2)c1CC(C)C. The number of carbonyl (C=O) groups excluding carboxylic acids is 1. The zero-order chi connectivity index (χ0) is 21.1. The molecule has 0 saturated carbocycles. The minimum atomic E-state index is -5.00. The number of esters is 1. The van der Waals surface area contributed by atoms with Gasteiger partial charge in [-0.15, -0.1) is 11.8 Å². The summed E-state index contributed by atoms with van der Waals surface area (Å²) in [6.07, 6.45) is -8.43. The van der Waals surface area contributed by atoms with E-state index in [4.69, 9.17) is 0 Å². The van der Waals surface area contributed by atoms with Gasteiger partial charge in [-0.25, -0.2) is 23.6 Å². The Morgan fingerprint density at radius 2 is 1.96 bits per heavy atom. The molecule has 1 aliphatic heterocycles. The van der Waals surface area contributed by atoms with Crippen LogP contribution in [0, 0.1) is 5.92 Å². The maximum atomic E-state index is 13.7. The molecule has 1 fully saturated rings. The molecule has 0 radical (unpaired) electrons. The number of aliphatic imine (C=N–C) groups is 1. The third-order valence-corrected chi connectivity index (χ3v) is 6.12.